The number of hydrogen-bond donors (Lipinski definition) is 0. The van der Waals surface area contributed by atoms with Crippen LogP contribution in [0.2, 0.25) is 0 Å². The molecule has 0 bridgehead atoms. The molecule has 31 heavy (non-hydrogen) atoms. The standard InChI is InChI=1S/C25H29N5O/c1-17-20(15-26)22-24(31-25(27-22)29-12-7-8-13-29)23(21(17)18-9-5-4-6-10-18)30-14-11-19(16-30)28(2)3/h4-6,9-10,19H,7-8,11-14,16H2,1-3H3/t19-/m0/s1. The van der Waals surface area contributed by atoms with Crippen LogP contribution in [0.25, 0.3) is 22.2 Å². The first kappa shape index (κ1) is 19.9. The number of nitriles is 1. The molecule has 2 saturated heterocycles. The van der Waals surface area contributed by atoms with Crippen molar-refractivity contribution in [3.8, 4) is 17.2 Å². The van der Waals surface area contributed by atoms with Crippen LogP contribution in [-0.4, -0.2) is 56.2 Å². The molecule has 2 aliphatic rings. The van der Waals surface area contributed by atoms with E-state index in [1.165, 1.54) is 0 Å². The fourth-order valence-corrected chi connectivity index (χ4v) is 5.04. The van der Waals surface area contributed by atoms with Crippen molar-refractivity contribution >= 4 is 22.8 Å². The first-order valence-electron chi connectivity index (χ1n) is 11.2. The summed E-state index contributed by atoms with van der Waals surface area (Å²) < 4.78 is 6.46. The van der Waals surface area contributed by atoms with Gasteiger partial charge in [0, 0.05) is 37.8 Å². The predicted octanol–water partition coefficient (Wildman–Crippen LogP) is 4.42. The number of fused-ring (bicyclic) bond motifs is 1. The lowest BCUT2D eigenvalue weighted by atomic mass is 9.93. The summed E-state index contributed by atoms with van der Waals surface area (Å²) in [4.78, 5) is 11.8. The van der Waals surface area contributed by atoms with Crippen LogP contribution in [0.3, 0.4) is 0 Å². The fourth-order valence-electron chi connectivity index (χ4n) is 5.04. The highest BCUT2D eigenvalue weighted by Gasteiger charge is 2.32. The van der Waals surface area contributed by atoms with Gasteiger partial charge in [0.15, 0.2) is 5.58 Å². The van der Waals surface area contributed by atoms with Gasteiger partial charge in [-0.3, -0.25) is 0 Å². The van der Waals surface area contributed by atoms with Crippen molar-refractivity contribution in [1.82, 2.24) is 9.88 Å². The molecule has 5 rings (SSSR count). The molecule has 0 N–H and O–H groups in total. The second-order valence-electron chi connectivity index (χ2n) is 8.92. The first-order chi connectivity index (χ1) is 15.1. The molecule has 3 aromatic rings. The van der Waals surface area contributed by atoms with Gasteiger partial charge < -0.3 is 19.1 Å². The van der Waals surface area contributed by atoms with E-state index in [-0.39, 0.29) is 0 Å². The Labute approximate surface area is 183 Å². The third-order valence-electron chi connectivity index (χ3n) is 6.82. The van der Waals surface area contributed by atoms with E-state index in [2.05, 4.69) is 59.1 Å². The third-order valence-corrected chi connectivity index (χ3v) is 6.82. The highest BCUT2D eigenvalue weighted by atomic mass is 16.4. The summed E-state index contributed by atoms with van der Waals surface area (Å²) >= 11 is 0. The van der Waals surface area contributed by atoms with Crippen LogP contribution in [0.15, 0.2) is 34.7 Å². The van der Waals surface area contributed by atoms with Crippen molar-refractivity contribution in [2.45, 2.75) is 32.2 Å². The van der Waals surface area contributed by atoms with Crippen molar-refractivity contribution in [3.63, 3.8) is 0 Å². The minimum Gasteiger partial charge on any atom is -0.421 e. The lowest BCUT2D eigenvalue weighted by molar-refractivity contribution is 0.315. The third kappa shape index (κ3) is 3.34. The highest BCUT2D eigenvalue weighted by Crippen LogP contribution is 2.45. The van der Waals surface area contributed by atoms with Crippen molar-refractivity contribution in [3.05, 3.63) is 41.5 Å². The van der Waals surface area contributed by atoms with E-state index in [0.29, 0.717) is 23.1 Å². The molecule has 2 aliphatic heterocycles. The van der Waals surface area contributed by atoms with Crippen LogP contribution in [0.1, 0.15) is 30.4 Å². The molecule has 6 heteroatoms. The number of oxazole rings is 1. The van der Waals surface area contributed by atoms with Crippen LogP contribution >= 0.6 is 0 Å². The van der Waals surface area contributed by atoms with Gasteiger partial charge in [-0.2, -0.15) is 10.2 Å². The van der Waals surface area contributed by atoms with Crippen molar-refractivity contribution in [2.24, 2.45) is 0 Å². The maximum Gasteiger partial charge on any atom is 0.298 e. The maximum absolute atomic E-state index is 10.1. The Kier molecular flexibility index (Phi) is 5.07. The molecule has 2 fully saturated rings. The number of benzene rings is 2. The van der Waals surface area contributed by atoms with Crippen LogP contribution in [-0.2, 0) is 0 Å². The first-order valence-corrected chi connectivity index (χ1v) is 11.2. The van der Waals surface area contributed by atoms with E-state index in [1.807, 2.05) is 13.0 Å². The number of aromatic nitrogens is 1. The van der Waals surface area contributed by atoms with Crippen LogP contribution < -0.4 is 9.80 Å². The lowest BCUT2D eigenvalue weighted by Gasteiger charge is -2.25. The van der Waals surface area contributed by atoms with E-state index in [4.69, 9.17) is 9.40 Å². The molecule has 0 unspecified atom stereocenters. The molecule has 0 radical (unpaired) electrons. The maximum atomic E-state index is 10.1. The van der Waals surface area contributed by atoms with Gasteiger partial charge in [0.05, 0.1) is 11.3 Å². The number of likely N-dealkylation sites (N-methyl/N-ethyl adjacent to an activating group) is 1. The summed E-state index contributed by atoms with van der Waals surface area (Å²) in [6.07, 6.45) is 3.41. The molecule has 1 atom stereocenters. The quantitative estimate of drug-likeness (QED) is 0.629. The molecule has 160 valence electrons. The van der Waals surface area contributed by atoms with E-state index in [9.17, 15) is 5.26 Å². The molecular formula is C25H29N5O. The number of hydrogen-bond acceptors (Lipinski definition) is 6. The van der Waals surface area contributed by atoms with Gasteiger partial charge in [0.2, 0.25) is 0 Å². The fraction of sp³-hybridized carbons (Fsp3) is 0.440. The van der Waals surface area contributed by atoms with E-state index in [1.54, 1.807) is 0 Å². The average Bonchev–Trinajstić information content (AvgIpc) is 3.53. The molecule has 0 amide bonds. The summed E-state index contributed by atoms with van der Waals surface area (Å²) in [7, 11) is 4.29. The topological polar surface area (TPSA) is 59.5 Å². The van der Waals surface area contributed by atoms with Crippen LogP contribution in [0.4, 0.5) is 11.7 Å². The van der Waals surface area contributed by atoms with Gasteiger partial charge in [0.1, 0.15) is 11.6 Å². The second-order valence-corrected chi connectivity index (χ2v) is 8.92. The zero-order valence-electron chi connectivity index (χ0n) is 18.6. The Morgan fingerprint density at radius 1 is 1.10 bits per heavy atom. The molecule has 2 aromatic carbocycles. The summed E-state index contributed by atoms with van der Waals surface area (Å²) in [5, 5.41) is 10.1. The van der Waals surface area contributed by atoms with Crippen molar-refractivity contribution in [2.75, 3.05) is 50.1 Å². The minimum atomic E-state index is 0.496. The minimum absolute atomic E-state index is 0.496. The summed E-state index contributed by atoms with van der Waals surface area (Å²) in [5.74, 6) is 0. The molecule has 6 nitrogen and oxygen atoms in total. The molecular weight excluding hydrogens is 386 g/mol. The molecule has 3 heterocycles. The largest absolute Gasteiger partial charge is 0.421 e. The normalized spacial score (nSPS) is 19.0. The zero-order chi connectivity index (χ0) is 21.5. The Balaban J connectivity index is 1.77. The van der Waals surface area contributed by atoms with E-state index < -0.39 is 0 Å². The zero-order valence-corrected chi connectivity index (χ0v) is 18.6. The Hall–Kier alpha value is -3.04. The average molecular weight is 416 g/mol. The Morgan fingerprint density at radius 2 is 1.84 bits per heavy atom. The lowest BCUT2D eigenvalue weighted by Crippen LogP contribution is -2.31. The number of nitrogens with zero attached hydrogens (tertiary/aromatic N) is 5. The molecule has 0 spiro atoms. The SMILES string of the molecule is Cc1c(-c2ccccc2)c(N2CC[C@H](N(C)C)C2)c2oc(N3CCCC3)nc2c1C#N. The van der Waals surface area contributed by atoms with Gasteiger partial charge in [-0.1, -0.05) is 30.3 Å². The summed E-state index contributed by atoms with van der Waals surface area (Å²) in [6.45, 7) is 5.87. The van der Waals surface area contributed by atoms with E-state index in [0.717, 1.165) is 73.4 Å². The van der Waals surface area contributed by atoms with Crippen molar-refractivity contribution in [1.29, 1.82) is 5.26 Å². The second kappa shape index (κ2) is 7.90. The summed E-state index contributed by atoms with van der Waals surface area (Å²) in [5.41, 5.74) is 6.34. The smallest absolute Gasteiger partial charge is 0.298 e. The molecule has 1 aromatic heterocycles. The summed E-state index contributed by atoms with van der Waals surface area (Å²) in [6, 6.07) is 14.0. The Bertz CT molecular complexity index is 1140. The number of rotatable bonds is 4. The highest BCUT2D eigenvalue weighted by molar-refractivity contribution is 6.03. The van der Waals surface area contributed by atoms with Gasteiger partial charge in [0.25, 0.3) is 6.01 Å². The van der Waals surface area contributed by atoms with Gasteiger partial charge in [-0.05, 0) is 51.4 Å². The molecule has 0 saturated carbocycles. The molecule has 0 aliphatic carbocycles. The van der Waals surface area contributed by atoms with Gasteiger partial charge >= 0.3 is 0 Å². The Morgan fingerprint density at radius 3 is 2.48 bits per heavy atom. The van der Waals surface area contributed by atoms with Gasteiger partial charge in [-0.25, -0.2) is 0 Å². The van der Waals surface area contributed by atoms with Crippen LogP contribution in [0.5, 0.6) is 0 Å². The van der Waals surface area contributed by atoms with Crippen molar-refractivity contribution < 1.29 is 4.42 Å². The monoisotopic (exact) mass is 415 g/mol. The van der Waals surface area contributed by atoms with Gasteiger partial charge in [-0.15, -0.1) is 0 Å². The van der Waals surface area contributed by atoms with E-state index >= 15 is 0 Å². The number of anilines is 2. The predicted molar refractivity (Wildman–Crippen MR) is 125 cm³/mol. The van der Waals surface area contributed by atoms with Crippen LogP contribution in [0, 0.1) is 18.3 Å².